The standard InChI is InChI=1S/C35H68NO8P/c1-6-8-10-12-14-15-16-17-18-19-20-21-22-24-26-28-35(38)44-33(31-41-34(37)27-25-23-13-11-9-7-2)32-43-45(39,40)42-30-29-36(3,4)5/h17-18,33H,6-16,19-32H2,1-5H3/p+1/b18-17-/t33-/m0/s1. The molecule has 0 heterocycles. The molecule has 0 radical (unpaired) electrons. The zero-order valence-corrected chi connectivity index (χ0v) is 30.5. The molecule has 266 valence electrons. The van der Waals surface area contributed by atoms with Crippen LogP contribution in [0.25, 0.3) is 0 Å². The molecule has 2 atom stereocenters. The number of phosphoric ester groups is 1. The van der Waals surface area contributed by atoms with Gasteiger partial charge in [0.1, 0.15) is 19.8 Å². The second kappa shape index (κ2) is 28.9. The fourth-order valence-electron chi connectivity index (χ4n) is 4.65. The summed E-state index contributed by atoms with van der Waals surface area (Å²) in [5, 5.41) is 0. The summed E-state index contributed by atoms with van der Waals surface area (Å²) >= 11 is 0. The van der Waals surface area contributed by atoms with Crippen LogP contribution in [0.4, 0.5) is 0 Å². The number of hydrogen-bond acceptors (Lipinski definition) is 7. The van der Waals surface area contributed by atoms with Gasteiger partial charge in [0.05, 0.1) is 27.7 Å². The first-order valence-electron chi connectivity index (χ1n) is 17.9. The van der Waals surface area contributed by atoms with Gasteiger partial charge >= 0.3 is 19.8 Å². The van der Waals surface area contributed by atoms with Crippen LogP contribution < -0.4 is 0 Å². The first kappa shape index (κ1) is 43.8. The van der Waals surface area contributed by atoms with E-state index in [2.05, 4.69) is 26.0 Å². The van der Waals surface area contributed by atoms with Crippen LogP contribution >= 0.6 is 7.82 Å². The van der Waals surface area contributed by atoms with Crippen LogP contribution in [0.5, 0.6) is 0 Å². The lowest BCUT2D eigenvalue weighted by atomic mass is 10.1. The smallest absolute Gasteiger partial charge is 0.462 e. The van der Waals surface area contributed by atoms with E-state index in [1.807, 2.05) is 21.1 Å². The number of carbonyl (C=O) groups is 2. The molecule has 45 heavy (non-hydrogen) atoms. The fourth-order valence-corrected chi connectivity index (χ4v) is 5.39. The van der Waals surface area contributed by atoms with Crippen molar-refractivity contribution >= 4 is 19.8 Å². The third-order valence-electron chi connectivity index (χ3n) is 7.55. The Hall–Kier alpha value is -1.25. The van der Waals surface area contributed by atoms with Gasteiger partial charge in [0.2, 0.25) is 0 Å². The maximum absolute atomic E-state index is 12.5. The normalized spacial score (nSPS) is 14.0. The quantitative estimate of drug-likeness (QED) is 0.0250. The number of carbonyl (C=O) groups excluding carboxylic acids is 2. The Morgan fingerprint density at radius 3 is 1.64 bits per heavy atom. The topological polar surface area (TPSA) is 108 Å². The van der Waals surface area contributed by atoms with Gasteiger partial charge in [0.25, 0.3) is 0 Å². The first-order chi connectivity index (χ1) is 21.5. The Labute approximate surface area is 276 Å². The minimum absolute atomic E-state index is 0.0322. The number of unbranched alkanes of at least 4 members (excludes halogenated alkanes) is 16. The largest absolute Gasteiger partial charge is 0.472 e. The summed E-state index contributed by atoms with van der Waals surface area (Å²) in [6.07, 6.45) is 25.7. The zero-order chi connectivity index (χ0) is 33.7. The number of likely N-dealkylation sites (N-methyl/N-ethyl adjacent to an activating group) is 1. The molecule has 0 rings (SSSR count). The van der Waals surface area contributed by atoms with Gasteiger partial charge in [0.15, 0.2) is 6.10 Å². The average Bonchev–Trinajstić information content (AvgIpc) is 2.97. The SMILES string of the molecule is CCCCCCCC/C=C\CCCCCCCC(=O)O[C@@H](COC(=O)CCCCCCCC)COP(=O)(O)OCC[N+](C)(C)C. The summed E-state index contributed by atoms with van der Waals surface area (Å²) in [7, 11) is 1.47. The van der Waals surface area contributed by atoms with E-state index in [9.17, 15) is 19.0 Å². The van der Waals surface area contributed by atoms with E-state index in [0.717, 1.165) is 57.8 Å². The Morgan fingerprint density at radius 1 is 0.667 bits per heavy atom. The second-order valence-electron chi connectivity index (χ2n) is 13.3. The average molecular weight is 663 g/mol. The van der Waals surface area contributed by atoms with Gasteiger partial charge < -0.3 is 18.9 Å². The van der Waals surface area contributed by atoms with Crippen molar-refractivity contribution in [1.82, 2.24) is 0 Å². The number of quaternary nitrogens is 1. The lowest BCUT2D eigenvalue weighted by Crippen LogP contribution is -2.37. The van der Waals surface area contributed by atoms with Crippen LogP contribution in [-0.4, -0.2) is 74.9 Å². The summed E-state index contributed by atoms with van der Waals surface area (Å²) in [5.41, 5.74) is 0. The van der Waals surface area contributed by atoms with Crippen molar-refractivity contribution in [3.8, 4) is 0 Å². The van der Waals surface area contributed by atoms with Gasteiger partial charge in [-0.15, -0.1) is 0 Å². The molecular formula is C35H69NO8P+. The van der Waals surface area contributed by atoms with E-state index in [-0.39, 0.29) is 32.0 Å². The molecule has 0 bridgehead atoms. The first-order valence-corrected chi connectivity index (χ1v) is 19.4. The molecule has 0 spiro atoms. The monoisotopic (exact) mass is 662 g/mol. The fraction of sp³-hybridized carbons (Fsp3) is 0.886. The summed E-state index contributed by atoms with van der Waals surface area (Å²) < 4.78 is 33.9. The second-order valence-corrected chi connectivity index (χ2v) is 14.7. The number of rotatable bonds is 32. The molecule has 0 aromatic heterocycles. The third-order valence-corrected chi connectivity index (χ3v) is 8.53. The van der Waals surface area contributed by atoms with Gasteiger partial charge in [-0.05, 0) is 38.5 Å². The third kappa shape index (κ3) is 32.5. The Morgan fingerprint density at radius 2 is 1.13 bits per heavy atom. The lowest BCUT2D eigenvalue weighted by Gasteiger charge is -2.24. The van der Waals surface area contributed by atoms with Crippen molar-refractivity contribution in [1.29, 1.82) is 0 Å². The highest BCUT2D eigenvalue weighted by Crippen LogP contribution is 2.43. The molecule has 1 N–H and O–H groups in total. The minimum Gasteiger partial charge on any atom is -0.462 e. The van der Waals surface area contributed by atoms with Crippen LogP contribution in [0.15, 0.2) is 12.2 Å². The van der Waals surface area contributed by atoms with E-state index in [4.69, 9.17) is 18.5 Å². The molecule has 0 amide bonds. The molecule has 0 aliphatic rings. The summed E-state index contributed by atoms with van der Waals surface area (Å²) in [6, 6.07) is 0. The minimum atomic E-state index is -4.35. The van der Waals surface area contributed by atoms with E-state index < -0.39 is 26.5 Å². The predicted molar refractivity (Wildman–Crippen MR) is 183 cm³/mol. The lowest BCUT2D eigenvalue weighted by molar-refractivity contribution is -0.870. The van der Waals surface area contributed by atoms with Crippen molar-refractivity contribution in [3.05, 3.63) is 12.2 Å². The highest BCUT2D eigenvalue weighted by Gasteiger charge is 2.27. The van der Waals surface area contributed by atoms with Gasteiger partial charge in [-0.25, -0.2) is 4.57 Å². The molecule has 0 fully saturated rings. The molecule has 0 aromatic rings. The highest BCUT2D eigenvalue weighted by molar-refractivity contribution is 7.47. The van der Waals surface area contributed by atoms with Crippen LogP contribution in [0.3, 0.4) is 0 Å². The van der Waals surface area contributed by atoms with Crippen molar-refractivity contribution in [2.45, 2.75) is 155 Å². The van der Waals surface area contributed by atoms with Gasteiger partial charge in [-0.1, -0.05) is 109 Å². The molecule has 1 unspecified atom stereocenters. The van der Waals surface area contributed by atoms with E-state index in [1.54, 1.807) is 0 Å². The van der Waals surface area contributed by atoms with E-state index >= 15 is 0 Å². The van der Waals surface area contributed by atoms with Crippen molar-refractivity contribution < 1.29 is 42.1 Å². The van der Waals surface area contributed by atoms with Gasteiger partial charge in [-0.3, -0.25) is 18.6 Å². The molecule has 0 saturated heterocycles. The maximum atomic E-state index is 12.5. The van der Waals surface area contributed by atoms with Crippen LogP contribution in [0.2, 0.25) is 0 Å². The van der Waals surface area contributed by atoms with Gasteiger partial charge in [-0.2, -0.15) is 0 Å². The number of hydrogen-bond donors (Lipinski definition) is 1. The molecule has 0 aromatic carbocycles. The number of ether oxygens (including phenoxy) is 2. The number of phosphoric acid groups is 1. The summed E-state index contributed by atoms with van der Waals surface area (Å²) in [5.74, 6) is -0.818. The Balaban J connectivity index is 4.40. The number of esters is 2. The number of allylic oxidation sites excluding steroid dienone is 2. The maximum Gasteiger partial charge on any atom is 0.472 e. The van der Waals surface area contributed by atoms with Crippen molar-refractivity contribution in [2.24, 2.45) is 0 Å². The number of nitrogens with zero attached hydrogens (tertiary/aromatic N) is 1. The molecule has 0 saturated carbocycles. The van der Waals surface area contributed by atoms with Gasteiger partial charge in [0, 0.05) is 12.8 Å². The molecule has 0 aliphatic heterocycles. The molecule has 9 nitrogen and oxygen atoms in total. The van der Waals surface area contributed by atoms with Crippen molar-refractivity contribution in [2.75, 3.05) is 47.5 Å². The zero-order valence-electron chi connectivity index (χ0n) is 29.6. The molecule has 10 heteroatoms. The Kier molecular flexibility index (Phi) is 28.1. The predicted octanol–water partition coefficient (Wildman–Crippen LogP) is 9.07. The highest BCUT2D eigenvalue weighted by atomic mass is 31.2. The molecular weight excluding hydrogens is 593 g/mol. The Bertz CT molecular complexity index is 799. The van der Waals surface area contributed by atoms with E-state index in [1.165, 1.54) is 57.8 Å². The summed E-state index contributed by atoms with van der Waals surface area (Å²) in [4.78, 5) is 34.9. The summed E-state index contributed by atoms with van der Waals surface area (Å²) in [6.45, 7) is 4.32. The molecule has 0 aliphatic carbocycles. The van der Waals surface area contributed by atoms with Crippen LogP contribution in [0.1, 0.15) is 149 Å². The van der Waals surface area contributed by atoms with Crippen LogP contribution in [-0.2, 0) is 32.7 Å². The van der Waals surface area contributed by atoms with Crippen molar-refractivity contribution in [3.63, 3.8) is 0 Å². The van der Waals surface area contributed by atoms with Crippen LogP contribution in [0, 0.1) is 0 Å². The van der Waals surface area contributed by atoms with E-state index in [0.29, 0.717) is 17.4 Å².